The number of piperidine rings is 1. The standard InChI is InChI=1S/C23H27FN4O3S/c1-27(2)22(19-4-3-5-20(24)14-19)16-26-23(29)18-10-12-28(13-11-18)32(30,31)21-8-6-17(15-25)7-9-21/h3-9,14,18,22H,10-13,16H2,1-2H3,(H,26,29). The number of benzene rings is 2. The summed E-state index contributed by atoms with van der Waals surface area (Å²) in [5.41, 5.74) is 1.17. The number of amides is 1. The molecule has 1 N–H and O–H groups in total. The lowest BCUT2D eigenvalue weighted by molar-refractivity contribution is -0.126. The molecule has 2 aromatic rings. The van der Waals surface area contributed by atoms with Gasteiger partial charge in [-0.25, -0.2) is 12.8 Å². The highest BCUT2D eigenvalue weighted by molar-refractivity contribution is 7.89. The van der Waals surface area contributed by atoms with Crippen LogP contribution in [0.5, 0.6) is 0 Å². The second kappa shape index (κ2) is 10.2. The van der Waals surface area contributed by atoms with Crippen molar-refractivity contribution in [2.75, 3.05) is 33.7 Å². The Morgan fingerprint density at radius 3 is 2.44 bits per heavy atom. The Bertz CT molecular complexity index is 1090. The van der Waals surface area contributed by atoms with Crippen molar-refractivity contribution >= 4 is 15.9 Å². The van der Waals surface area contributed by atoms with Gasteiger partial charge in [0.25, 0.3) is 0 Å². The first-order valence-electron chi connectivity index (χ1n) is 10.4. The number of likely N-dealkylation sites (N-methyl/N-ethyl adjacent to an activating group) is 1. The molecule has 1 saturated heterocycles. The van der Waals surface area contributed by atoms with E-state index in [1.165, 1.54) is 40.7 Å². The van der Waals surface area contributed by atoms with Crippen LogP contribution in [0.1, 0.15) is 30.0 Å². The van der Waals surface area contributed by atoms with E-state index in [1.54, 1.807) is 6.07 Å². The Morgan fingerprint density at radius 1 is 1.22 bits per heavy atom. The maximum atomic E-state index is 13.6. The zero-order chi connectivity index (χ0) is 23.3. The Hall–Kier alpha value is -2.80. The van der Waals surface area contributed by atoms with Crippen LogP contribution in [0.4, 0.5) is 4.39 Å². The quantitative estimate of drug-likeness (QED) is 0.688. The molecule has 0 saturated carbocycles. The third-order valence-corrected chi connectivity index (χ3v) is 7.69. The van der Waals surface area contributed by atoms with E-state index >= 15 is 0 Å². The molecule has 1 heterocycles. The monoisotopic (exact) mass is 458 g/mol. The topological polar surface area (TPSA) is 93.5 Å². The Morgan fingerprint density at radius 2 is 1.88 bits per heavy atom. The highest BCUT2D eigenvalue weighted by atomic mass is 32.2. The summed E-state index contributed by atoms with van der Waals surface area (Å²) in [5.74, 6) is -0.724. The third-order valence-electron chi connectivity index (χ3n) is 5.77. The molecule has 9 heteroatoms. The number of carbonyl (C=O) groups is 1. The van der Waals surface area contributed by atoms with Crippen LogP contribution < -0.4 is 5.32 Å². The minimum Gasteiger partial charge on any atom is -0.354 e. The molecule has 0 aliphatic carbocycles. The van der Waals surface area contributed by atoms with Crippen molar-refractivity contribution in [3.8, 4) is 6.07 Å². The average Bonchev–Trinajstić information content (AvgIpc) is 2.79. The molecule has 3 rings (SSSR count). The predicted molar refractivity (Wildman–Crippen MR) is 118 cm³/mol. The molecular formula is C23H27FN4O3S. The first-order chi connectivity index (χ1) is 15.2. The molecule has 1 aliphatic rings. The van der Waals surface area contributed by atoms with Crippen LogP contribution in [0.3, 0.4) is 0 Å². The largest absolute Gasteiger partial charge is 0.354 e. The molecule has 0 spiro atoms. The lowest BCUT2D eigenvalue weighted by atomic mass is 9.97. The van der Waals surface area contributed by atoms with E-state index < -0.39 is 10.0 Å². The van der Waals surface area contributed by atoms with Gasteiger partial charge in [0.05, 0.1) is 22.6 Å². The van der Waals surface area contributed by atoms with Gasteiger partial charge in [-0.3, -0.25) is 4.79 Å². The van der Waals surface area contributed by atoms with Gasteiger partial charge in [-0.05, 0) is 68.9 Å². The van der Waals surface area contributed by atoms with Crippen LogP contribution in [0.25, 0.3) is 0 Å². The Kier molecular flexibility index (Phi) is 7.61. The highest BCUT2D eigenvalue weighted by Gasteiger charge is 2.32. The van der Waals surface area contributed by atoms with Gasteiger partial charge in [0.15, 0.2) is 0 Å². The second-order valence-corrected chi connectivity index (χ2v) is 10.0. The molecule has 1 amide bonds. The molecule has 0 aromatic heterocycles. The third kappa shape index (κ3) is 5.51. The summed E-state index contributed by atoms with van der Waals surface area (Å²) in [6.07, 6.45) is 0.849. The molecule has 170 valence electrons. The molecule has 1 fully saturated rings. The van der Waals surface area contributed by atoms with E-state index in [0.29, 0.717) is 24.9 Å². The van der Waals surface area contributed by atoms with E-state index in [4.69, 9.17) is 5.26 Å². The number of hydrogen-bond donors (Lipinski definition) is 1. The van der Waals surface area contributed by atoms with Crippen molar-refractivity contribution in [3.63, 3.8) is 0 Å². The molecule has 0 bridgehead atoms. The van der Waals surface area contributed by atoms with E-state index in [0.717, 1.165) is 5.56 Å². The van der Waals surface area contributed by atoms with Gasteiger partial charge in [-0.15, -0.1) is 0 Å². The summed E-state index contributed by atoms with van der Waals surface area (Å²) in [6, 6.07) is 13.9. The van der Waals surface area contributed by atoms with E-state index in [-0.39, 0.29) is 41.7 Å². The van der Waals surface area contributed by atoms with Gasteiger partial charge in [-0.1, -0.05) is 12.1 Å². The first-order valence-corrected chi connectivity index (χ1v) is 11.9. The predicted octanol–water partition coefficient (Wildman–Crippen LogP) is 2.52. The number of carbonyl (C=O) groups excluding carboxylic acids is 1. The SMILES string of the molecule is CN(C)C(CNC(=O)C1CCN(S(=O)(=O)c2ccc(C#N)cc2)CC1)c1cccc(F)c1. The van der Waals surface area contributed by atoms with Crippen LogP contribution in [-0.2, 0) is 14.8 Å². The van der Waals surface area contributed by atoms with Crippen molar-refractivity contribution in [2.45, 2.75) is 23.8 Å². The van der Waals surface area contributed by atoms with Crippen molar-refractivity contribution in [3.05, 3.63) is 65.5 Å². The number of hydrogen-bond acceptors (Lipinski definition) is 5. The Labute approximate surface area is 188 Å². The summed E-state index contributed by atoms with van der Waals surface area (Å²) in [7, 11) is 0.0754. The fourth-order valence-corrected chi connectivity index (χ4v) is 5.33. The zero-order valence-corrected chi connectivity index (χ0v) is 19.0. The number of nitriles is 1. The molecule has 1 atom stereocenters. The van der Waals surface area contributed by atoms with Gasteiger partial charge < -0.3 is 10.2 Å². The number of sulfonamides is 1. The van der Waals surface area contributed by atoms with Crippen molar-refractivity contribution in [1.82, 2.24) is 14.5 Å². The maximum Gasteiger partial charge on any atom is 0.243 e. The van der Waals surface area contributed by atoms with Crippen LogP contribution in [-0.4, -0.2) is 57.3 Å². The van der Waals surface area contributed by atoms with Crippen molar-refractivity contribution < 1.29 is 17.6 Å². The van der Waals surface area contributed by atoms with Crippen LogP contribution >= 0.6 is 0 Å². The van der Waals surface area contributed by atoms with E-state index in [9.17, 15) is 17.6 Å². The molecule has 1 unspecified atom stereocenters. The lowest BCUT2D eigenvalue weighted by Gasteiger charge is -2.31. The van der Waals surface area contributed by atoms with Crippen LogP contribution in [0.15, 0.2) is 53.4 Å². The molecule has 2 aromatic carbocycles. The maximum absolute atomic E-state index is 13.6. The van der Waals surface area contributed by atoms with Gasteiger partial charge in [0.1, 0.15) is 5.82 Å². The second-order valence-electron chi connectivity index (χ2n) is 8.09. The molecule has 32 heavy (non-hydrogen) atoms. The number of nitrogens with one attached hydrogen (secondary N) is 1. The Balaban J connectivity index is 1.57. The zero-order valence-electron chi connectivity index (χ0n) is 18.2. The van der Waals surface area contributed by atoms with Gasteiger partial charge in [0, 0.05) is 25.6 Å². The summed E-state index contributed by atoms with van der Waals surface area (Å²) < 4.78 is 40.7. The van der Waals surface area contributed by atoms with Gasteiger partial charge in [0.2, 0.25) is 15.9 Å². The van der Waals surface area contributed by atoms with Crippen LogP contribution in [0.2, 0.25) is 0 Å². The molecular weight excluding hydrogens is 431 g/mol. The van der Waals surface area contributed by atoms with Gasteiger partial charge in [-0.2, -0.15) is 9.57 Å². The van der Waals surface area contributed by atoms with Crippen molar-refractivity contribution in [1.29, 1.82) is 5.26 Å². The molecule has 0 radical (unpaired) electrons. The fourth-order valence-electron chi connectivity index (χ4n) is 3.86. The van der Waals surface area contributed by atoms with E-state index in [1.807, 2.05) is 31.1 Å². The fraction of sp³-hybridized carbons (Fsp3) is 0.391. The van der Waals surface area contributed by atoms with E-state index in [2.05, 4.69) is 5.32 Å². The van der Waals surface area contributed by atoms with Crippen LogP contribution in [0, 0.1) is 23.1 Å². The minimum absolute atomic E-state index is 0.122. The smallest absolute Gasteiger partial charge is 0.243 e. The lowest BCUT2D eigenvalue weighted by Crippen LogP contribution is -2.44. The first kappa shape index (κ1) is 23.9. The molecule has 7 nitrogen and oxygen atoms in total. The molecule has 1 aliphatic heterocycles. The summed E-state index contributed by atoms with van der Waals surface area (Å²) in [5, 5.41) is 11.8. The summed E-state index contributed by atoms with van der Waals surface area (Å²) in [6.45, 7) is 0.835. The number of halogens is 1. The number of rotatable bonds is 7. The van der Waals surface area contributed by atoms with Crippen molar-refractivity contribution in [2.24, 2.45) is 5.92 Å². The van der Waals surface area contributed by atoms with Gasteiger partial charge >= 0.3 is 0 Å². The summed E-state index contributed by atoms with van der Waals surface area (Å²) in [4.78, 5) is 14.8. The minimum atomic E-state index is -3.66. The highest BCUT2D eigenvalue weighted by Crippen LogP contribution is 2.25. The normalized spacial score (nSPS) is 16.5. The summed E-state index contributed by atoms with van der Waals surface area (Å²) >= 11 is 0. The number of nitrogens with zero attached hydrogens (tertiary/aromatic N) is 3. The average molecular weight is 459 g/mol.